The number of hydrogen-bond acceptors (Lipinski definition) is 8. The summed E-state index contributed by atoms with van der Waals surface area (Å²) in [7, 11) is 0. The molecule has 0 N–H and O–H groups in total. The Hall–Kier alpha value is -6.27. The molecule has 3 aromatic carbocycles. The van der Waals surface area contributed by atoms with Gasteiger partial charge in [0.05, 0.1) is 35.8 Å². The van der Waals surface area contributed by atoms with E-state index in [0.29, 0.717) is 12.0 Å². The molecule has 0 aromatic heterocycles. The molecule has 1 aliphatic carbocycles. The summed E-state index contributed by atoms with van der Waals surface area (Å²) in [6, 6.07) is 5.99. The topological polar surface area (TPSA) is 97.4 Å². The summed E-state index contributed by atoms with van der Waals surface area (Å²) in [6.45, 7) is 5.27. The normalized spacial score (nSPS) is 15.7. The average Bonchev–Trinajstić information content (AvgIpc) is 3.23. The third kappa shape index (κ3) is 13.9. The van der Waals surface area contributed by atoms with Gasteiger partial charge in [0, 0.05) is 25.0 Å². The van der Waals surface area contributed by atoms with Crippen molar-refractivity contribution in [2.75, 3.05) is 19.8 Å². The third-order valence-corrected chi connectivity index (χ3v) is 9.78. The Labute approximate surface area is 366 Å². The number of benzene rings is 3. The number of rotatable bonds is 16. The van der Waals surface area contributed by atoms with Gasteiger partial charge in [-0.05, 0) is 79.5 Å². The van der Waals surface area contributed by atoms with Gasteiger partial charge in [0.1, 0.15) is 28.4 Å². The van der Waals surface area contributed by atoms with E-state index < -0.39 is 119 Å². The molecule has 1 fully saturated rings. The lowest BCUT2D eigenvalue weighted by Gasteiger charge is -2.32. The Balaban J connectivity index is 1.61. The van der Waals surface area contributed by atoms with Crippen molar-refractivity contribution in [3.63, 3.8) is 0 Å². The van der Waals surface area contributed by atoms with Gasteiger partial charge < -0.3 is 23.7 Å². The van der Waals surface area contributed by atoms with E-state index in [1.54, 1.807) is 12.1 Å². The lowest BCUT2D eigenvalue weighted by Crippen LogP contribution is -2.32. The van der Waals surface area contributed by atoms with Crippen molar-refractivity contribution < 1.29 is 99.5 Å². The maximum absolute atomic E-state index is 15.9. The third-order valence-electron chi connectivity index (χ3n) is 9.78. The van der Waals surface area contributed by atoms with Crippen LogP contribution < -0.4 is 14.2 Å². The zero-order chi connectivity index (χ0) is 49.3. The van der Waals surface area contributed by atoms with Crippen LogP contribution in [-0.2, 0) is 61.1 Å². The quantitative estimate of drug-likeness (QED) is 0.0350. The van der Waals surface area contributed by atoms with Gasteiger partial charge in [0.15, 0.2) is 6.61 Å². The van der Waals surface area contributed by atoms with Crippen LogP contribution in [0.3, 0.4) is 0 Å². The first-order chi connectivity index (χ1) is 30.7. The number of carbonyl (C=O) groups is 3. The molecule has 0 radical (unpaired) electrons. The molecule has 66 heavy (non-hydrogen) atoms. The standard InChI is InChI=1S/C44H36F14O8/c1-3-33(59)63-23-8-6-5-7-22-62-31-19-20-32(38(43(54,55)56)37(31)42(51,52)53)66-44(57,58)30-18-17-29(35(40(45,46)47)36(30)41(48,49)50)26-11-13-27(14-12-26)39(61)65-28-15-9-25(10-16-28)21-24-64-34(60)4-2/h3-4,9-10,15-20,26-27H,1-2,5,7,11-14,21-24H2. The summed E-state index contributed by atoms with van der Waals surface area (Å²) in [4.78, 5) is 35.1. The van der Waals surface area contributed by atoms with Crippen molar-refractivity contribution in [3.8, 4) is 29.1 Å². The van der Waals surface area contributed by atoms with Gasteiger partial charge in [-0.2, -0.15) is 61.5 Å². The number of alkyl halides is 14. The lowest BCUT2D eigenvalue weighted by atomic mass is 9.76. The molecule has 0 spiro atoms. The Morgan fingerprint density at radius 1 is 0.621 bits per heavy atom. The van der Waals surface area contributed by atoms with Crippen LogP contribution >= 0.6 is 0 Å². The summed E-state index contributed by atoms with van der Waals surface area (Å²) in [5.74, 6) is -3.82. The molecule has 0 saturated heterocycles. The molecule has 3 aromatic rings. The molecular weight excluding hydrogens is 922 g/mol. The van der Waals surface area contributed by atoms with Crippen molar-refractivity contribution in [3.05, 3.63) is 113 Å². The summed E-state index contributed by atoms with van der Waals surface area (Å²) >= 11 is 0. The van der Waals surface area contributed by atoms with Crippen LogP contribution in [0.15, 0.2) is 73.8 Å². The fraction of sp³-hybridized carbons (Fsp3) is 0.386. The van der Waals surface area contributed by atoms with E-state index >= 15 is 8.78 Å². The van der Waals surface area contributed by atoms with Crippen molar-refractivity contribution in [1.29, 1.82) is 0 Å². The van der Waals surface area contributed by atoms with Gasteiger partial charge in [0.25, 0.3) is 0 Å². The van der Waals surface area contributed by atoms with Crippen LogP contribution in [0.4, 0.5) is 61.5 Å². The average molecular weight is 959 g/mol. The maximum Gasteiger partial charge on any atom is 0.427 e. The van der Waals surface area contributed by atoms with E-state index in [4.69, 9.17) is 14.2 Å². The molecule has 8 nitrogen and oxygen atoms in total. The monoisotopic (exact) mass is 958 g/mol. The summed E-state index contributed by atoms with van der Waals surface area (Å²) in [5, 5.41) is 0. The van der Waals surface area contributed by atoms with Gasteiger partial charge >= 0.3 is 48.7 Å². The van der Waals surface area contributed by atoms with Crippen LogP contribution in [0.1, 0.15) is 83.4 Å². The molecule has 22 heteroatoms. The molecule has 0 heterocycles. The van der Waals surface area contributed by atoms with E-state index in [1.807, 2.05) is 0 Å². The highest BCUT2D eigenvalue weighted by molar-refractivity contribution is 5.81. The number of halogens is 14. The van der Waals surface area contributed by atoms with E-state index in [-0.39, 0.29) is 75.1 Å². The predicted molar refractivity (Wildman–Crippen MR) is 203 cm³/mol. The van der Waals surface area contributed by atoms with Gasteiger partial charge in [-0.15, -0.1) is 0 Å². The minimum absolute atomic E-state index is 0.0216. The molecule has 0 amide bonds. The first kappa shape index (κ1) is 52.4. The lowest BCUT2D eigenvalue weighted by molar-refractivity contribution is -0.204. The SMILES string of the molecule is C=CC(=O)OCC#CCCCOc1ccc(OC(F)(F)c2ccc(C3CCC(C(=O)Oc4ccc(CCOC(=O)C=C)cc4)CC3)c(C(F)(F)F)c2C(F)(F)F)c(C(F)(F)F)c1C(F)(F)F. The summed E-state index contributed by atoms with van der Waals surface area (Å²) < 4.78 is 229. The highest BCUT2D eigenvalue weighted by Gasteiger charge is 2.55. The minimum atomic E-state index is -6.31. The minimum Gasteiger partial charge on any atom is -0.493 e. The van der Waals surface area contributed by atoms with Crippen molar-refractivity contribution in [2.45, 2.75) is 81.7 Å². The van der Waals surface area contributed by atoms with E-state index in [2.05, 4.69) is 34.5 Å². The second-order valence-electron chi connectivity index (χ2n) is 14.2. The van der Waals surface area contributed by atoms with Crippen LogP contribution in [0.2, 0.25) is 0 Å². The van der Waals surface area contributed by atoms with Crippen LogP contribution in [-0.4, -0.2) is 37.7 Å². The number of esters is 3. The summed E-state index contributed by atoms with van der Waals surface area (Å²) in [6.07, 6.45) is -30.0. The summed E-state index contributed by atoms with van der Waals surface area (Å²) in [5.41, 5.74) is -14.5. The van der Waals surface area contributed by atoms with Gasteiger partial charge in [0.2, 0.25) is 0 Å². The zero-order valence-corrected chi connectivity index (χ0v) is 34.0. The largest absolute Gasteiger partial charge is 0.493 e. The predicted octanol–water partition coefficient (Wildman–Crippen LogP) is 11.9. The van der Waals surface area contributed by atoms with Crippen LogP contribution in [0.5, 0.6) is 17.2 Å². The van der Waals surface area contributed by atoms with Crippen molar-refractivity contribution in [2.24, 2.45) is 5.92 Å². The highest BCUT2D eigenvalue weighted by Crippen LogP contribution is 2.54. The molecule has 0 aliphatic heterocycles. The number of unbranched alkanes of at least 4 members (excludes halogenated alkanes) is 1. The first-order valence-corrected chi connectivity index (χ1v) is 19.4. The molecule has 1 aliphatic rings. The van der Waals surface area contributed by atoms with Crippen molar-refractivity contribution >= 4 is 17.9 Å². The molecule has 0 unspecified atom stereocenters. The van der Waals surface area contributed by atoms with Crippen molar-refractivity contribution in [1.82, 2.24) is 0 Å². The fourth-order valence-corrected chi connectivity index (χ4v) is 6.87. The van der Waals surface area contributed by atoms with Crippen LogP contribution in [0, 0.1) is 17.8 Å². The molecule has 0 bridgehead atoms. The molecule has 1 saturated carbocycles. The Morgan fingerprint density at radius 3 is 1.73 bits per heavy atom. The Morgan fingerprint density at radius 2 is 1.17 bits per heavy atom. The smallest absolute Gasteiger partial charge is 0.427 e. The first-order valence-electron chi connectivity index (χ1n) is 19.4. The van der Waals surface area contributed by atoms with E-state index in [1.165, 1.54) is 12.1 Å². The number of carbonyl (C=O) groups excluding carboxylic acids is 3. The zero-order valence-electron chi connectivity index (χ0n) is 34.0. The second-order valence-corrected chi connectivity index (χ2v) is 14.2. The maximum atomic E-state index is 15.9. The van der Waals surface area contributed by atoms with E-state index in [0.717, 1.165) is 12.2 Å². The number of hydrogen-bond donors (Lipinski definition) is 0. The second kappa shape index (κ2) is 21.4. The number of ether oxygens (including phenoxy) is 5. The highest BCUT2D eigenvalue weighted by atomic mass is 19.4. The van der Waals surface area contributed by atoms with Gasteiger partial charge in [-0.25, -0.2) is 9.59 Å². The van der Waals surface area contributed by atoms with Gasteiger partial charge in [-0.3, -0.25) is 4.79 Å². The Kier molecular flexibility index (Phi) is 16.9. The van der Waals surface area contributed by atoms with Gasteiger partial charge in [-0.1, -0.05) is 43.2 Å². The van der Waals surface area contributed by atoms with E-state index in [9.17, 15) is 67.1 Å². The Bertz CT molecular complexity index is 2290. The molecular formula is C44H36F14O8. The molecule has 4 rings (SSSR count). The molecule has 358 valence electrons. The molecule has 0 atom stereocenters. The fourth-order valence-electron chi connectivity index (χ4n) is 6.87. The van der Waals surface area contributed by atoms with Crippen LogP contribution in [0.25, 0.3) is 0 Å².